The van der Waals surface area contributed by atoms with E-state index in [0.29, 0.717) is 5.56 Å². The largest absolute Gasteiger partial charge is 0.384 e. The van der Waals surface area contributed by atoms with Gasteiger partial charge < -0.3 is 9.63 Å². The normalized spacial score (nSPS) is 10.7. The molecule has 0 radical (unpaired) electrons. The molecule has 1 aromatic carbocycles. The van der Waals surface area contributed by atoms with E-state index in [1.807, 2.05) is 6.92 Å². The second-order valence-corrected chi connectivity index (χ2v) is 5.60. The van der Waals surface area contributed by atoms with Crippen molar-refractivity contribution in [1.82, 2.24) is 5.16 Å². The van der Waals surface area contributed by atoms with Crippen molar-refractivity contribution in [3.05, 3.63) is 41.7 Å². The van der Waals surface area contributed by atoms with Crippen molar-refractivity contribution in [2.45, 2.75) is 11.8 Å². The molecular formula is C13H12N2O4S. The second kappa shape index (κ2) is 5.77. The van der Waals surface area contributed by atoms with Crippen LogP contribution in [0.3, 0.4) is 0 Å². The molecule has 1 heterocycles. The summed E-state index contributed by atoms with van der Waals surface area (Å²) >= 11 is 0. The Labute approximate surface area is 116 Å². The predicted molar refractivity (Wildman–Crippen MR) is 72.5 cm³/mol. The second-order valence-electron chi connectivity index (χ2n) is 3.95. The Hall–Kier alpha value is -2.30. The lowest BCUT2D eigenvalue weighted by atomic mass is 10.1. The van der Waals surface area contributed by atoms with E-state index >= 15 is 0 Å². The van der Waals surface area contributed by atoms with E-state index < -0.39 is 10.0 Å². The summed E-state index contributed by atoms with van der Waals surface area (Å²) in [5.74, 6) is 5.16. The highest BCUT2D eigenvalue weighted by atomic mass is 32.2. The number of aryl methyl sites for hydroxylation is 1. The summed E-state index contributed by atoms with van der Waals surface area (Å²) in [6.45, 7) is 1.48. The number of anilines is 1. The Bertz CT molecular complexity index is 755. The van der Waals surface area contributed by atoms with E-state index in [4.69, 9.17) is 5.11 Å². The molecule has 104 valence electrons. The van der Waals surface area contributed by atoms with Crippen LogP contribution in [0.5, 0.6) is 0 Å². The Morgan fingerprint density at radius 1 is 1.40 bits per heavy atom. The number of rotatable bonds is 3. The molecule has 1 aromatic heterocycles. The zero-order valence-electron chi connectivity index (χ0n) is 10.6. The van der Waals surface area contributed by atoms with Gasteiger partial charge in [-0.1, -0.05) is 23.1 Å². The Morgan fingerprint density at radius 3 is 2.85 bits per heavy atom. The highest BCUT2D eigenvalue weighted by Gasteiger charge is 2.19. The van der Waals surface area contributed by atoms with E-state index in [1.54, 1.807) is 12.1 Å². The van der Waals surface area contributed by atoms with Crippen LogP contribution in [0.15, 0.2) is 39.9 Å². The van der Waals surface area contributed by atoms with Crippen LogP contribution in [0.1, 0.15) is 11.1 Å². The number of hydrogen-bond donors (Lipinski definition) is 2. The van der Waals surface area contributed by atoms with E-state index in [0.717, 1.165) is 5.56 Å². The summed E-state index contributed by atoms with van der Waals surface area (Å²) in [6.07, 6.45) is 1.26. The van der Waals surface area contributed by atoms with Gasteiger partial charge in [0.2, 0.25) is 0 Å². The number of sulfonamides is 1. The number of hydrogen-bond acceptors (Lipinski definition) is 5. The maximum atomic E-state index is 12.3. The number of benzene rings is 1. The third-order valence-electron chi connectivity index (χ3n) is 2.40. The van der Waals surface area contributed by atoms with Gasteiger partial charge in [-0.25, -0.2) is 8.42 Å². The molecule has 6 nitrogen and oxygen atoms in total. The van der Waals surface area contributed by atoms with E-state index in [9.17, 15) is 8.42 Å². The lowest BCUT2D eigenvalue weighted by Gasteiger charge is -2.08. The van der Waals surface area contributed by atoms with Gasteiger partial charge in [-0.2, -0.15) is 0 Å². The van der Waals surface area contributed by atoms with Crippen molar-refractivity contribution in [3.8, 4) is 11.8 Å². The first-order valence-corrected chi connectivity index (χ1v) is 7.15. The SMILES string of the molecule is Cc1ccc(S(=O)(=O)Nc2ccon2)c(C#CCO)c1. The van der Waals surface area contributed by atoms with Crippen molar-refractivity contribution in [1.29, 1.82) is 0 Å². The van der Waals surface area contributed by atoms with Gasteiger partial charge in [-0.3, -0.25) is 4.72 Å². The van der Waals surface area contributed by atoms with Crippen molar-refractivity contribution in [2.24, 2.45) is 0 Å². The molecule has 2 rings (SSSR count). The third-order valence-corrected chi connectivity index (χ3v) is 3.82. The van der Waals surface area contributed by atoms with Crippen LogP contribution in [-0.2, 0) is 10.0 Å². The molecular weight excluding hydrogens is 280 g/mol. The van der Waals surface area contributed by atoms with Gasteiger partial charge in [0, 0.05) is 11.6 Å². The molecule has 0 aliphatic heterocycles. The zero-order chi connectivity index (χ0) is 14.6. The Kier molecular flexibility index (Phi) is 4.08. The smallest absolute Gasteiger partial charge is 0.264 e. The van der Waals surface area contributed by atoms with Gasteiger partial charge in [0.1, 0.15) is 17.8 Å². The topological polar surface area (TPSA) is 92.4 Å². The number of nitrogens with zero attached hydrogens (tertiary/aromatic N) is 1. The van der Waals surface area contributed by atoms with Gasteiger partial charge in [0.15, 0.2) is 5.82 Å². The molecule has 20 heavy (non-hydrogen) atoms. The number of aliphatic hydroxyl groups is 1. The van der Waals surface area contributed by atoms with E-state index in [-0.39, 0.29) is 17.3 Å². The Balaban J connectivity index is 2.45. The van der Waals surface area contributed by atoms with Gasteiger partial charge in [-0.05, 0) is 24.6 Å². The van der Waals surface area contributed by atoms with Crippen molar-refractivity contribution < 1.29 is 18.0 Å². The first-order chi connectivity index (χ1) is 9.53. The third kappa shape index (κ3) is 3.17. The van der Waals surface area contributed by atoms with Crippen LogP contribution < -0.4 is 4.72 Å². The van der Waals surface area contributed by atoms with Crippen LogP contribution in [0, 0.1) is 18.8 Å². The standard InChI is InChI=1S/C13H12N2O4S/c1-10-4-5-12(11(9-10)3-2-7-16)20(17,18)15-13-6-8-19-14-13/h4-6,8-9,16H,7H2,1H3,(H,14,15). The molecule has 0 unspecified atom stereocenters. The van der Waals surface area contributed by atoms with Crippen LogP contribution in [0.4, 0.5) is 5.82 Å². The molecule has 0 saturated carbocycles. The average Bonchev–Trinajstić information content (AvgIpc) is 2.88. The molecule has 0 aliphatic rings. The van der Waals surface area contributed by atoms with E-state index in [1.165, 1.54) is 18.4 Å². The lowest BCUT2D eigenvalue weighted by Crippen LogP contribution is -2.14. The fourth-order valence-electron chi connectivity index (χ4n) is 1.57. The molecule has 0 saturated heterocycles. The first kappa shape index (κ1) is 14.1. The van der Waals surface area contributed by atoms with Crippen LogP contribution in [0.2, 0.25) is 0 Å². The minimum Gasteiger partial charge on any atom is -0.384 e. The Morgan fingerprint density at radius 2 is 2.20 bits per heavy atom. The molecule has 0 bridgehead atoms. The molecule has 0 fully saturated rings. The fraction of sp³-hybridized carbons (Fsp3) is 0.154. The van der Waals surface area contributed by atoms with Gasteiger partial charge >= 0.3 is 0 Å². The maximum absolute atomic E-state index is 12.3. The zero-order valence-corrected chi connectivity index (χ0v) is 11.4. The number of aromatic nitrogens is 1. The molecule has 2 aromatic rings. The average molecular weight is 292 g/mol. The van der Waals surface area contributed by atoms with Crippen LogP contribution in [0.25, 0.3) is 0 Å². The van der Waals surface area contributed by atoms with Crippen LogP contribution in [-0.4, -0.2) is 25.3 Å². The quantitative estimate of drug-likeness (QED) is 0.827. The highest BCUT2D eigenvalue weighted by Crippen LogP contribution is 2.19. The minimum absolute atomic E-state index is 0.0204. The molecule has 7 heteroatoms. The summed E-state index contributed by atoms with van der Waals surface area (Å²) in [7, 11) is -3.82. The van der Waals surface area contributed by atoms with Crippen molar-refractivity contribution in [3.63, 3.8) is 0 Å². The summed E-state index contributed by atoms with van der Waals surface area (Å²) in [4.78, 5) is 0.0204. The predicted octanol–water partition coefficient (Wildman–Crippen LogP) is 1.13. The number of nitrogens with one attached hydrogen (secondary N) is 1. The first-order valence-electron chi connectivity index (χ1n) is 5.66. The maximum Gasteiger partial charge on any atom is 0.264 e. The van der Waals surface area contributed by atoms with Gasteiger partial charge in [-0.15, -0.1) is 0 Å². The fourth-order valence-corrected chi connectivity index (χ4v) is 2.71. The summed E-state index contributed by atoms with van der Waals surface area (Å²) in [5, 5.41) is 12.2. The summed E-state index contributed by atoms with van der Waals surface area (Å²) in [5.41, 5.74) is 1.18. The van der Waals surface area contributed by atoms with Gasteiger partial charge in [0.05, 0.1) is 0 Å². The number of aliphatic hydroxyl groups excluding tert-OH is 1. The molecule has 2 N–H and O–H groups in total. The van der Waals surface area contributed by atoms with Crippen LogP contribution >= 0.6 is 0 Å². The lowest BCUT2D eigenvalue weighted by molar-refractivity contribution is 0.350. The van der Waals surface area contributed by atoms with Crippen molar-refractivity contribution in [2.75, 3.05) is 11.3 Å². The molecule has 0 spiro atoms. The molecule has 0 aliphatic carbocycles. The minimum atomic E-state index is -3.82. The molecule has 0 atom stereocenters. The highest BCUT2D eigenvalue weighted by molar-refractivity contribution is 7.92. The van der Waals surface area contributed by atoms with E-state index in [2.05, 4.69) is 26.2 Å². The van der Waals surface area contributed by atoms with Gasteiger partial charge in [0.25, 0.3) is 10.0 Å². The monoisotopic (exact) mass is 292 g/mol. The summed E-state index contributed by atoms with van der Waals surface area (Å²) < 4.78 is 31.4. The summed E-state index contributed by atoms with van der Waals surface area (Å²) in [6, 6.07) is 6.16. The molecule has 0 amide bonds. The van der Waals surface area contributed by atoms with Crippen molar-refractivity contribution >= 4 is 15.8 Å².